The van der Waals surface area contributed by atoms with Crippen molar-refractivity contribution < 1.29 is 9.53 Å². The Morgan fingerprint density at radius 3 is 2.79 bits per heavy atom. The van der Waals surface area contributed by atoms with Gasteiger partial charge >= 0.3 is 0 Å². The normalized spacial score (nSPS) is 22.3. The number of aryl methyl sites for hydroxylation is 1. The number of hydrogen-bond acceptors (Lipinski definition) is 7. The minimum atomic E-state index is -0.297. The summed E-state index contributed by atoms with van der Waals surface area (Å²) in [6.45, 7) is 3.85. The molecule has 176 valence electrons. The SMILES string of the molecule is COc1nc(N[C@H]2C[C@](C)(C(=O)N3CCCC3)C2)nc2[nH]cc(-c3ccc4nnn(C)c4c3)c12. The van der Waals surface area contributed by atoms with Gasteiger partial charge in [0.25, 0.3) is 0 Å². The molecule has 0 atom stereocenters. The Balaban J connectivity index is 1.25. The average molecular weight is 461 g/mol. The van der Waals surface area contributed by atoms with E-state index in [1.807, 2.05) is 30.3 Å². The highest BCUT2D eigenvalue weighted by Gasteiger charge is 2.48. The van der Waals surface area contributed by atoms with Crippen LogP contribution in [0.2, 0.25) is 0 Å². The molecule has 10 heteroatoms. The summed E-state index contributed by atoms with van der Waals surface area (Å²) >= 11 is 0. The van der Waals surface area contributed by atoms with Crippen molar-refractivity contribution in [1.29, 1.82) is 0 Å². The van der Waals surface area contributed by atoms with Gasteiger partial charge in [-0.1, -0.05) is 18.2 Å². The molecule has 3 aromatic heterocycles. The van der Waals surface area contributed by atoms with Crippen molar-refractivity contribution in [3.05, 3.63) is 24.4 Å². The van der Waals surface area contributed by atoms with Gasteiger partial charge < -0.3 is 19.9 Å². The first-order valence-corrected chi connectivity index (χ1v) is 11.7. The Morgan fingerprint density at radius 1 is 1.24 bits per heavy atom. The van der Waals surface area contributed by atoms with Crippen LogP contribution in [0.5, 0.6) is 5.88 Å². The number of nitrogens with zero attached hydrogens (tertiary/aromatic N) is 6. The van der Waals surface area contributed by atoms with Gasteiger partial charge in [0.2, 0.25) is 17.7 Å². The lowest BCUT2D eigenvalue weighted by Crippen LogP contribution is -2.53. The quantitative estimate of drug-likeness (QED) is 0.470. The number of carbonyl (C=O) groups excluding carboxylic acids is 1. The van der Waals surface area contributed by atoms with E-state index >= 15 is 0 Å². The number of hydrogen-bond donors (Lipinski definition) is 2. The van der Waals surface area contributed by atoms with Gasteiger partial charge in [-0.05, 0) is 43.4 Å². The van der Waals surface area contributed by atoms with Crippen LogP contribution in [0, 0.1) is 5.41 Å². The first kappa shape index (κ1) is 20.9. The maximum atomic E-state index is 12.9. The molecule has 10 nitrogen and oxygen atoms in total. The van der Waals surface area contributed by atoms with Crippen LogP contribution in [0.3, 0.4) is 0 Å². The molecule has 1 saturated carbocycles. The summed E-state index contributed by atoms with van der Waals surface area (Å²) < 4.78 is 7.42. The molecule has 34 heavy (non-hydrogen) atoms. The van der Waals surface area contributed by atoms with Gasteiger partial charge in [-0.15, -0.1) is 5.10 Å². The number of aromatic nitrogens is 6. The number of H-pyrrole nitrogens is 1. The molecule has 0 spiro atoms. The molecule has 2 N–H and O–H groups in total. The predicted octanol–water partition coefficient (Wildman–Crippen LogP) is 3.12. The summed E-state index contributed by atoms with van der Waals surface area (Å²) in [5, 5.41) is 12.5. The zero-order valence-corrected chi connectivity index (χ0v) is 19.6. The van der Waals surface area contributed by atoms with E-state index in [1.165, 1.54) is 0 Å². The van der Waals surface area contributed by atoms with Gasteiger partial charge in [-0.25, -0.2) is 4.68 Å². The number of ether oxygens (including phenoxy) is 1. The van der Waals surface area contributed by atoms with Crippen LogP contribution in [-0.2, 0) is 11.8 Å². The molecule has 0 bridgehead atoms. The number of methoxy groups -OCH3 is 1. The highest BCUT2D eigenvalue weighted by atomic mass is 16.5. The minimum Gasteiger partial charge on any atom is -0.480 e. The van der Waals surface area contributed by atoms with Crippen LogP contribution in [0.15, 0.2) is 24.4 Å². The van der Waals surface area contributed by atoms with E-state index in [1.54, 1.807) is 11.8 Å². The number of anilines is 1. The van der Waals surface area contributed by atoms with Gasteiger partial charge in [-0.2, -0.15) is 9.97 Å². The zero-order valence-electron chi connectivity index (χ0n) is 19.6. The molecule has 2 aliphatic rings. The smallest absolute Gasteiger partial charge is 0.228 e. The molecule has 1 saturated heterocycles. The van der Waals surface area contributed by atoms with Gasteiger partial charge in [-0.3, -0.25) is 4.79 Å². The Kier molecular flexibility index (Phi) is 4.72. The highest BCUT2D eigenvalue weighted by molar-refractivity contribution is 5.99. The maximum Gasteiger partial charge on any atom is 0.228 e. The molecular weight excluding hydrogens is 432 g/mol. The molecule has 1 aromatic carbocycles. The minimum absolute atomic E-state index is 0.160. The zero-order chi connectivity index (χ0) is 23.4. The average Bonchev–Trinajstić information content (AvgIpc) is 3.57. The Hall–Kier alpha value is -3.69. The van der Waals surface area contributed by atoms with Crippen molar-refractivity contribution in [3.63, 3.8) is 0 Å². The molecular formula is C24H28N8O2. The number of nitrogens with one attached hydrogen (secondary N) is 2. The van der Waals surface area contributed by atoms with Crippen LogP contribution < -0.4 is 10.1 Å². The van der Waals surface area contributed by atoms with Gasteiger partial charge in [0.15, 0.2) is 0 Å². The highest BCUT2D eigenvalue weighted by Crippen LogP contribution is 2.44. The summed E-state index contributed by atoms with van der Waals surface area (Å²) in [7, 11) is 3.49. The lowest BCUT2D eigenvalue weighted by Gasteiger charge is -2.45. The number of fused-ring (bicyclic) bond motifs is 2. The van der Waals surface area contributed by atoms with E-state index in [0.717, 1.165) is 66.3 Å². The summed E-state index contributed by atoms with van der Waals surface area (Å²) in [5.41, 5.74) is 4.14. The molecule has 1 amide bonds. The van der Waals surface area contributed by atoms with Crippen LogP contribution in [0.4, 0.5) is 5.95 Å². The molecule has 1 aliphatic heterocycles. The number of carbonyl (C=O) groups is 1. The molecule has 4 heterocycles. The number of rotatable bonds is 5. The van der Waals surface area contributed by atoms with E-state index in [-0.39, 0.29) is 17.4 Å². The van der Waals surface area contributed by atoms with E-state index < -0.39 is 0 Å². The lowest BCUT2D eigenvalue weighted by atomic mass is 9.66. The summed E-state index contributed by atoms with van der Waals surface area (Å²) in [6, 6.07) is 6.18. The number of aromatic amines is 1. The second-order valence-electron chi connectivity index (χ2n) is 9.71. The second kappa shape index (κ2) is 7.68. The van der Waals surface area contributed by atoms with Crippen molar-refractivity contribution in [2.75, 3.05) is 25.5 Å². The molecule has 2 fully saturated rings. The van der Waals surface area contributed by atoms with Crippen LogP contribution in [0.25, 0.3) is 33.2 Å². The Bertz CT molecular complexity index is 1400. The van der Waals surface area contributed by atoms with Crippen molar-refractivity contribution >= 4 is 33.9 Å². The van der Waals surface area contributed by atoms with Crippen LogP contribution in [0.1, 0.15) is 32.6 Å². The monoisotopic (exact) mass is 460 g/mol. The van der Waals surface area contributed by atoms with Gasteiger partial charge in [0, 0.05) is 37.9 Å². The van der Waals surface area contributed by atoms with Crippen molar-refractivity contribution in [3.8, 4) is 17.0 Å². The molecule has 4 aromatic rings. The van der Waals surface area contributed by atoms with Crippen molar-refractivity contribution in [2.24, 2.45) is 12.5 Å². The Morgan fingerprint density at radius 2 is 2.03 bits per heavy atom. The molecule has 1 aliphatic carbocycles. The summed E-state index contributed by atoms with van der Waals surface area (Å²) in [4.78, 5) is 27.5. The number of benzene rings is 1. The van der Waals surface area contributed by atoms with Gasteiger partial charge in [0.05, 0.1) is 23.4 Å². The van der Waals surface area contributed by atoms with E-state index in [0.29, 0.717) is 17.5 Å². The van der Waals surface area contributed by atoms with E-state index in [9.17, 15) is 4.79 Å². The summed E-state index contributed by atoms with van der Waals surface area (Å²) in [5.74, 6) is 1.29. The molecule has 0 radical (unpaired) electrons. The topological polar surface area (TPSA) is 114 Å². The third kappa shape index (κ3) is 3.27. The van der Waals surface area contributed by atoms with Crippen LogP contribution in [-0.4, -0.2) is 67.0 Å². The fourth-order valence-corrected chi connectivity index (χ4v) is 5.43. The number of likely N-dealkylation sites (tertiary alicyclic amines) is 1. The van der Waals surface area contributed by atoms with E-state index in [2.05, 4.69) is 38.6 Å². The largest absolute Gasteiger partial charge is 0.480 e. The first-order chi connectivity index (χ1) is 16.4. The third-order valence-electron chi connectivity index (χ3n) is 7.25. The van der Waals surface area contributed by atoms with E-state index in [4.69, 9.17) is 9.72 Å². The van der Waals surface area contributed by atoms with Gasteiger partial charge in [0.1, 0.15) is 11.2 Å². The third-order valence-corrected chi connectivity index (χ3v) is 7.25. The Labute approximate surface area is 196 Å². The number of amides is 1. The van der Waals surface area contributed by atoms with Crippen molar-refractivity contribution in [1.82, 2.24) is 34.8 Å². The second-order valence-corrected chi connectivity index (χ2v) is 9.71. The maximum absolute atomic E-state index is 12.9. The van der Waals surface area contributed by atoms with Crippen molar-refractivity contribution in [2.45, 2.75) is 38.6 Å². The lowest BCUT2D eigenvalue weighted by molar-refractivity contribution is -0.145. The summed E-state index contributed by atoms with van der Waals surface area (Å²) in [6.07, 6.45) is 5.71. The fraction of sp³-hybridized carbons (Fsp3) is 0.458. The molecule has 6 rings (SSSR count). The fourth-order valence-electron chi connectivity index (χ4n) is 5.43. The molecule has 0 unspecified atom stereocenters. The van der Waals surface area contributed by atoms with Crippen LogP contribution >= 0.6 is 0 Å². The first-order valence-electron chi connectivity index (χ1n) is 11.7. The standard InChI is InChI=1S/C24H28N8O2/c1-24(22(33)32-8-4-5-9-32)11-15(12-24)26-23-27-20-19(21(28-23)34-3)16(13-25-20)14-6-7-17-18(10-14)31(2)30-29-17/h6-7,10,13,15H,4-5,8-9,11-12H2,1-3H3,(H2,25,26,27,28)/t15-,24-. The predicted molar refractivity (Wildman–Crippen MR) is 129 cm³/mol.